The van der Waals surface area contributed by atoms with E-state index in [1.807, 2.05) is 6.07 Å². The van der Waals surface area contributed by atoms with Crippen molar-refractivity contribution in [3.05, 3.63) is 35.1 Å². The lowest BCUT2D eigenvalue weighted by molar-refractivity contribution is -0.141. The molecule has 20 heavy (non-hydrogen) atoms. The second kappa shape index (κ2) is 6.50. The zero-order chi connectivity index (χ0) is 14.5. The molecule has 2 rings (SSSR count). The van der Waals surface area contributed by atoms with Crippen molar-refractivity contribution >= 4 is 11.9 Å². The fourth-order valence-electron chi connectivity index (χ4n) is 2.40. The minimum Gasteiger partial charge on any atom is -0.469 e. The zero-order valence-electron chi connectivity index (χ0n) is 11.5. The Morgan fingerprint density at radius 1 is 1.35 bits per heavy atom. The Labute approximate surface area is 117 Å². The lowest BCUT2D eigenvalue weighted by atomic mass is 9.99. The minimum atomic E-state index is -0.312. The summed E-state index contributed by atoms with van der Waals surface area (Å²) in [5.74, 6) is -0.606. The van der Waals surface area contributed by atoms with E-state index in [-0.39, 0.29) is 24.1 Å². The molecule has 1 heterocycles. The first kappa shape index (κ1) is 14.5. The number of benzene rings is 1. The molecule has 0 aromatic heterocycles. The van der Waals surface area contributed by atoms with E-state index >= 15 is 0 Å². The van der Waals surface area contributed by atoms with E-state index in [0.29, 0.717) is 37.9 Å². The molecular weight excluding hydrogens is 261 g/mol. The lowest BCUT2D eigenvalue weighted by Gasteiger charge is -2.29. The smallest absolute Gasteiger partial charge is 0.305 e. The summed E-state index contributed by atoms with van der Waals surface area (Å²) in [6.45, 7) is 0.923. The predicted molar refractivity (Wildman–Crippen MR) is 71.4 cm³/mol. The fraction of sp³-hybridized carbons (Fsp3) is 0.467. The Morgan fingerprint density at radius 3 is 2.90 bits per heavy atom. The van der Waals surface area contributed by atoms with Crippen molar-refractivity contribution in [3.63, 3.8) is 0 Å². The average Bonchev–Trinajstić information content (AvgIpc) is 2.47. The molecule has 5 heteroatoms. The van der Waals surface area contributed by atoms with Gasteiger partial charge in [0.1, 0.15) is 5.82 Å². The highest BCUT2D eigenvalue weighted by Crippen LogP contribution is 2.22. The lowest BCUT2D eigenvalue weighted by Crippen LogP contribution is -2.36. The summed E-state index contributed by atoms with van der Waals surface area (Å²) in [4.78, 5) is 24.7. The van der Waals surface area contributed by atoms with Crippen LogP contribution in [0.3, 0.4) is 0 Å². The summed E-state index contributed by atoms with van der Waals surface area (Å²) < 4.78 is 18.2. The average molecular weight is 279 g/mol. The standard InChI is InChI=1S/C15H18FNO3/c1-20-15(19)7-3-6-14(18)17-9-8-11-4-2-5-13(16)12(11)10-17/h2,4-5H,3,6-10H2,1H3. The molecule has 0 radical (unpaired) electrons. The number of carbonyl (C=O) groups is 2. The topological polar surface area (TPSA) is 46.6 Å². The predicted octanol–water partition coefficient (Wildman–Crippen LogP) is 2.05. The van der Waals surface area contributed by atoms with Crippen LogP contribution in [0.2, 0.25) is 0 Å². The number of rotatable bonds is 4. The van der Waals surface area contributed by atoms with Crippen LogP contribution in [0.25, 0.3) is 0 Å². The van der Waals surface area contributed by atoms with Gasteiger partial charge >= 0.3 is 5.97 Å². The first-order valence-corrected chi connectivity index (χ1v) is 6.72. The minimum absolute atomic E-state index is 0.0391. The van der Waals surface area contributed by atoms with Crippen molar-refractivity contribution in [3.8, 4) is 0 Å². The van der Waals surface area contributed by atoms with Crippen molar-refractivity contribution in [2.75, 3.05) is 13.7 Å². The third kappa shape index (κ3) is 3.35. The number of amides is 1. The maximum absolute atomic E-state index is 13.7. The van der Waals surface area contributed by atoms with E-state index in [0.717, 1.165) is 5.56 Å². The van der Waals surface area contributed by atoms with Gasteiger partial charge in [0, 0.05) is 31.5 Å². The number of hydrogen-bond donors (Lipinski definition) is 0. The van der Waals surface area contributed by atoms with Gasteiger partial charge < -0.3 is 9.64 Å². The summed E-state index contributed by atoms with van der Waals surface area (Å²) >= 11 is 0. The van der Waals surface area contributed by atoms with Gasteiger partial charge in [-0.2, -0.15) is 0 Å². The molecule has 0 spiro atoms. The number of fused-ring (bicyclic) bond motifs is 1. The molecule has 1 aromatic rings. The molecule has 0 fully saturated rings. The third-order valence-corrected chi connectivity index (χ3v) is 3.57. The van der Waals surface area contributed by atoms with Crippen molar-refractivity contribution in [1.82, 2.24) is 4.90 Å². The van der Waals surface area contributed by atoms with E-state index in [2.05, 4.69) is 4.74 Å². The molecule has 108 valence electrons. The highest BCUT2D eigenvalue weighted by Gasteiger charge is 2.22. The largest absolute Gasteiger partial charge is 0.469 e. The fourth-order valence-corrected chi connectivity index (χ4v) is 2.40. The number of methoxy groups -OCH3 is 1. The maximum Gasteiger partial charge on any atom is 0.305 e. The number of halogens is 1. The zero-order valence-corrected chi connectivity index (χ0v) is 11.5. The number of nitrogens with zero attached hydrogens (tertiary/aromatic N) is 1. The Morgan fingerprint density at radius 2 is 2.15 bits per heavy atom. The van der Waals surface area contributed by atoms with Gasteiger partial charge in [-0.15, -0.1) is 0 Å². The second-order valence-electron chi connectivity index (χ2n) is 4.87. The van der Waals surface area contributed by atoms with Crippen molar-refractivity contribution in [2.24, 2.45) is 0 Å². The normalized spacial score (nSPS) is 13.8. The summed E-state index contributed by atoms with van der Waals surface area (Å²) in [5.41, 5.74) is 1.59. The first-order chi connectivity index (χ1) is 9.61. The molecule has 0 saturated carbocycles. The van der Waals surface area contributed by atoms with Crippen molar-refractivity contribution < 1.29 is 18.7 Å². The molecule has 0 unspecified atom stereocenters. The molecule has 1 amide bonds. The molecule has 0 saturated heterocycles. The highest BCUT2D eigenvalue weighted by molar-refractivity contribution is 5.77. The van der Waals surface area contributed by atoms with Crippen LogP contribution in [-0.4, -0.2) is 30.4 Å². The summed E-state index contributed by atoms with van der Waals surface area (Å²) in [6, 6.07) is 5.02. The molecule has 0 bridgehead atoms. The number of hydrogen-bond acceptors (Lipinski definition) is 3. The van der Waals surface area contributed by atoms with Gasteiger partial charge in [0.2, 0.25) is 5.91 Å². The molecule has 1 aliphatic heterocycles. The van der Waals surface area contributed by atoms with E-state index in [9.17, 15) is 14.0 Å². The van der Waals surface area contributed by atoms with Crippen LogP contribution < -0.4 is 0 Å². The highest BCUT2D eigenvalue weighted by atomic mass is 19.1. The van der Waals surface area contributed by atoms with Gasteiger partial charge in [0.15, 0.2) is 0 Å². The summed E-state index contributed by atoms with van der Waals surface area (Å²) in [6.07, 6.45) is 1.67. The Kier molecular flexibility index (Phi) is 4.71. The quantitative estimate of drug-likeness (QED) is 0.792. The van der Waals surface area contributed by atoms with Crippen LogP contribution in [0.15, 0.2) is 18.2 Å². The Hall–Kier alpha value is -1.91. The van der Waals surface area contributed by atoms with Crippen molar-refractivity contribution in [1.29, 1.82) is 0 Å². The van der Waals surface area contributed by atoms with Crippen LogP contribution in [0.5, 0.6) is 0 Å². The van der Waals surface area contributed by atoms with Gasteiger partial charge in [-0.25, -0.2) is 4.39 Å². The van der Waals surface area contributed by atoms with E-state index in [1.165, 1.54) is 13.2 Å². The van der Waals surface area contributed by atoms with Gasteiger partial charge in [-0.1, -0.05) is 12.1 Å². The summed E-state index contributed by atoms with van der Waals surface area (Å²) in [7, 11) is 1.33. The number of esters is 1. The maximum atomic E-state index is 13.7. The van der Waals surface area contributed by atoms with Gasteiger partial charge in [0.05, 0.1) is 7.11 Å². The third-order valence-electron chi connectivity index (χ3n) is 3.57. The van der Waals surface area contributed by atoms with Gasteiger partial charge in [-0.05, 0) is 24.5 Å². The van der Waals surface area contributed by atoms with Gasteiger partial charge in [0.25, 0.3) is 0 Å². The molecule has 4 nitrogen and oxygen atoms in total. The Balaban J connectivity index is 1.90. The molecule has 0 N–H and O–H groups in total. The molecule has 0 aliphatic carbocycles. The summed E-state index contributed by atoms with van der Waals surface area (Å²) in [5, 5.41) is 0. The molecule has 1 aromatic carbocycles. The first-order valence-electron chi connectivity index (χ1n) is 6.72. The van der Waals surface area contributed by atoms with Crippen molar-refractivity contribution in [2.45, 2.75) is 32.2 Å². The van der Waals surface area contributed by atoms with E-state index < -0.39 is 0 Å². The number of ether oxygens (including phenoxy) is 1. The van der Waals surface area contributed by atoms with Crippen LogP contribution in [0.1, 0.15) is 30.4 Å². The monoisotopic (exact) mass is 279 g/mol. The van der Waals surface area contributed by atoms with Gasteiger partial charge in [-0.3, -0.25) is 9.59 Å². The molecular formula is C15H18FNO3. The second-order valence-corrected chi connectivity index (χ2v) is 4.87. The number of carbonyl (C=O) groups excluding carboxylic acids is 2. The van der Waals surface area contributed by atoms with Crippen LogP contribution >= 0.6 is 0 Å². The SMILES string of the molecule is COC(=O)CCCC(=O)N1CCc2cccc(F)c2C1. The van der Waals surface area contributed by atoms with E-state index in [4.69, 9.17) is 0 Å². The molecule has 1 aliphatic rings. The van der Waals surface area contributed by atoms with E-state index in [1.54, 1.807) is 11.0 Å². The van der Waals surface area contributed by atoms with Crippen LogP contribution in [0, 0.1) is 5.82 Å². The van der Waals surface area contributed by atoms with Crippen LogP contribution in [0.4, 0.5) is 4.39 Å². The van der Waals surface area contributed by atoms with Crippen LogP contribution in [-0.2, 0) is 27.3 Å². The molecule has 0 atom stereocenters. The Bertz CT molecular complexity index is 516.